The second kappa shape index (κ2) is 6.24. The summed E-state index contributed by atoms with van der Waals surface area (Å²) in [5.41, 5.74) is 7.84. The maximum atomic E-state index is 5.87. The highest BCUT2D eigenvalue weighted by Gasteiger charge is 2.20. The van der Waals surface area contributed by atoms with Crippen molar-refractivity contribution in [1.82, 2.24) is 19.4 Å². The van der Waals surface area contributed by atoms with E-state index in [4.69, 9.17) is 10.5 Å². The van der Waals surface area contributed by atoms with Crippen LogP contribution in [0.4, 0.5) is 5.82 Å². The second-order valence-corrected chi connectivity index (χ2v) is 5.29. The van der Waals surface area contributed by atoms with Crippen LogP contribution in [0.1, 0.15) is 6.92 Å². The summed E-state index contributed by atoms with van der Waals surface area (Å²) in [6.45, 7) is 6.83. The lowest BCUT2D eigenvalue weighted by Gasteiger charge is -2.32. The van der Waals surface area contributed by atoms with E-state index in [1.54, 1.807) is 6.20 Å². The maximum Gasteiger partial charge on any atom is 0.123 e. The van der Waals surface area contributed by atoms with Gasteiger partial charge < -0.3 is 15.0 Å². The molecule has 0 bridgehead atoms. The van der Waals surface area contributed by atoms with Gasteiger partial charge in [0.1, 0.15) is 5.82 Å². The van der Waals surface area contributed by atoms with Crippen molar-refractivity contribution in [3.05, 3.63) is 30.9 Å². The smallest absolute Gasteiger partial charge is 0.123 e. The first-order chi connectivity index (χ1) is 10.3. The van der Waals surface area contributed by atoms with E-state index < -0.39 is 0 Å². The summed E-state index contributed by atoms with van der Waals surface area (Å²) in [5, 5.41) is 0. The zero-order chi connectivity index (χ0) is 14.7. The largest absolute Gasteiger partial charge is 0.384 e. The number of hydrogen-bond donors (Lipinski definition) is 1. The molecule has 112 valence electrons. The Morgan fingerprint density at radius 1 is 1.48 bits per heavy atom. The van der Waals surface area contributed by atoms with Gasteiger partial charge in [-0.05, 0) is 18.7 Å². The van der Waals surface area contributed by atoms with Crippen molar-refractivity contribution in [2.24, 2.45) is 0 Å². The summed E-state index contributed by atoms with van der Waals surface area (Å²) in [6, 6.07) is 3.82. The highest BCUT2D eigenvalue weighted by Crippen LogP contribution is 2.21. The van der Waals surface area contributed by atoms with Gasteiger partial charge in [0.05, 0.1) is 37.5 Å². The highest BCUT2D eigenvalue weighted by molar-refractivity contribution is 5.61. The van der Waals surface area contributed by atoms with Gasteiger partial charge in [0.25, 0.3) is 0 Å². The van der Waals surface area contributed by atoms with Gasteiger partial charge in [-0.2, -0.15) is 0 Å². The number of rotatable bonds is 4. The molecule has 2 aromatic heterocycles. The van der Waals surface area contributed by atoms with Crippen LogP contribution in [0.15, 0.2) is 30.9 Å². The number of ether oxygens (including phenoxy) is 1. The molecule has 2 N–H and O–H groups in total. The monoisotopic (exact) mass is 287 g/mol. The molecule has 6 heteroatoms. The minimum atomic E-state index is 0.200. The van der Waals surface area contributed by atoms with Crippen molar-refractivity contribution in [2.45, 2.75) is 19.6 Å². The third-order valence-electron chi connectivity index (χ3n) is 3.86. The first-order valence-corrected chi connectivity index (χ1v) is 7.32. The number of likely N-dealkylation sites (N-methyl/N-ethyl adjacent to an activating group) is 1. The first kappa shape index (κ1) is 14.0. The quantitative estimate of drug-likeness (QED) is 0.916. The van der Waals surface area contributed by atoms with E-state index in [9.17, 15) is 0 Å². The van der Waals surface area contributed by atoms with E-state index in [0.29, 0.717) is 5.82 Å². The molecule has 3 rings (SSSR count). The molecule has 0 spiro atoms. The number of nitrogens with zero attached hydrogens (tertiary/aromatic N) is 4. The summed E-state index contributed by atoms with van der Waals surface area (Å²) in [6.07, 6.45) is 5.62. The number of morpholine rings is 1. The number of nitrogen functional groups attached to an aromatic ring is 1. The molecule has 1 aliphatic heterocycles. The summed E-state index contributed by atoms with van der Waals surface area (Å²) in [7, 11) is 0. The Morgan fingerprint density at radius 2 is 2.38 bits per heavy atom. The fourth-order valence-electron chi connectivity index (χ4n) is 2.71. The molecule has 6 nitrogen and oxygen atoms in total. The molecule has 0 amide bonds. The maximum absolute atomic E-state index is 5.87. The normalized spacial score (nSPS) is 19.8. The van der Waals surface area contributed by atoms with Crippen LogP contribution < -0.4 is 5.73 Å². The van der Waals surface area contributed by atoms with Crippen LogP contribution in [0, 0.1) is 0 Å². The Labute approximate surface area is 124 Å². The SMILES string of the molecule is CCN1CCOC(Cn2cncc2-c2ccnc(N)c2)C1. The van der Waals surface area contributed by atoms with Gasteiger partial charge in [-0.15, -0.1) is 0 Å². The van der Waals surface area contributed by atoms with Crippen LogP contribution in [-0.4, -0.2) is 51.8 Å². The van der Waals surface area contributed by atoms with E-state index in [1.165, 1.54) is 0 Å². The van der Waals surface area contributed by atoms with Crippen molar-refractivity contribution in [3.63, 3.8) is 0 Å². The van der Waals surface area contributed by atoms with Gasteiger partial charge in [-0.25, -0.2) is 9.97 Å². The van der Waals surface area contributed by atoms with Crippen molar-refractivity contribution in [3.8, 4) is 11.3 Å². The third-order valence-corrected chi connectivity index (χ3v) is 3.86. The van der Waals surface area contributed by atoms with Gasteiger partial charge in [0.15, 0.2) is 0 Å². The van der Waals surface area contributed by atoms with Crippen molar-refractivity contribution < 1.29 is 4.74 Å². The molecule has 1 aliphatic rings. The van der Waals surface area contributed by atoms with Crippen LogP contribution in [0.5, 0.6) is 0 Å². The van der Waals surface area contributed by atoms with Gasteiger partial charge in [0, 0.05) is 24.8 Å². The molecule has 21 heavy (non-hydrogen) atoms. The summed E-state index contributed by atoms with van der Waals surface area (Å²) in [5.74, 6) is 0.520. The molecule has 0 radical (unpaired) electrons. The highest BCUT2D eigenvalue weighted by atomic mass is 16.5. The van der Waals surface area contributed by atoms with E-state index in [-0.39, 0.29) is 6.10 Å². The molecule has 1 atom stereocenters. The van der Waals surface area contributed by atoms with E-state index in [0.717, 1.165) is 44.0 Å². The van der Waals surface area contributed by atoms with Crippen LogP contribution >= 0.6 is 0 Å². The number of imidazole rings is 1. The lowest BCUT2D eigenvalue weighted by molar-refractivity contribution is -0.0341. The Bertz CT molecular complexity index is 597. The van der Waals surface area contributed by atoms with Crippen molar-refractivity contribution >= 4 is 5.82 Å². The zero-order valence-corrected chi connectivity index (χ0v) is 12.3. The average molecular weight is 287 g/mol. The minimum absolute atomic E-state index is 0.200. The molecule has 1 saturated heterocycles. The Hall–Kier alpha value is -1.92. The minimum Gasteiger partial charge on any atom is -0.384 e. The fraction of sp³-hybridized carbons (Fsp3) is 0.467. The van der Waals surface area contributed by atoms with Gasteiger partial charge in [-0.1, -0.05) is 6.92 Å². The Morgan fingerprint density at radius 3 is 3.19 bits per heavy atom. The van der Waals surface area contributed by atoms with E-state index >= 15 is 0 Å². The van der Waals surface area contributed by atoms with Crippen LogP contribution in [-0.2, 0) is 11.3 Å². The topological polar surface area (TPSA) is 69.2 Å². The standard InChI is InChI=1S/C15H21N5O/c1-2-19-5-6-21-13(9-19)10-20-11-17-8-14(20)12-3-4-18-15(16)7-12/h3-4,7-8,11,13H,2,5-6,9-10H2,1H3,(H2,16,18). The lowest BCUT2D eigenvalue weighted by Crippen LogP contribution is -2.43. The number of hydrogen-bond acceptors (Lipinski definition) is 5. The molecular formula is C15H21N5O. The van der Waals surface area contributed by atoms with Gasteiger partial charge >= 0.3 is 0 Å². The fourth-order valence-corrected chi connectivity index (χ4v) is 2.71. The van der Waals surface area contributed by atoms with Gasteiger partial charge in [0.2, 0.25) is 0 Å². The number of nitrogens with two attached hydrogens (primary N) is 1. The molecular weight excluding hydrogens is 266 g/mol. The van der Waals surface area contributed by atoms with E-state index in [2.05, 4.69) is 26.4 Å². The van der Waals surface area contributed by atoms with Crippen LogP contribution in [0.2, 0.25) is 0 Å². The molecule has 0 saturated carbocycles. The first-order valence-electron chi connectivity index (χ1n) is 7.32. The molecule has 1 unspecified atom stereocenters. The summed E-state index contributed by atoms with van der Waals surface area (Å²) in [4.78, 5) is 10.7. The molecule has 0 aliphatic carbocycles. The molecule has 1 fully saturated rings. The average Bonchev–Trinajstić information content (AvgIpc) is 2.95. The molecule has 2 aromatic rings. The predicted molar refractivity (Wildman–Crippen MR) is 81.7 cm³/mol. The lowest BCUT2D eigenvalue weighted by atomic mass is 10.2. The number of anilines is 1. The van der Waals surface area contributed by atoms with Crippen molar-refractivity contribution in [2.75, 3.05) is 32.0 Å². The van der Waals surface area contributed by atoms with Crippen LogP contribution in [0.25, 0.3) is 11.3 Å². The Kier molecular flexibility index (Phi) is 4.17. The van der Waals surface area contributed by atoms with Crippen LogP contribution in [0.3, 0.4) is 0 Å². The third kappa shape index (κ3) is 3.22. The summed E-state index contributed by atoms with van der Waals surface area (Å²) >= 11 is 0. The Balaban J connectivity index is 1.76. The number of pyridine rings is 1. The number of aromatic nitrogens is 3. The van der Waals surface area contributed by atoms with Crippen molar-refractivity contribution in [1.29, 1.82) is 0 Å². The zero-order valence-electron chi connectivity index (χ0n) is 12.3. The second-order valence-electron chi connectivity index (χ2n) is 5.29. The summed E-state index contributed by atoms with van der Waals surface area (Å²) < 4.78 is 7.99. The molecule has 3 heterocycles. The van der Waals surface area contributed by atoms with E-state index in [1.807, 2.05) is 24.7 Å². The molecule has 0 aromatic carbocycles. The van der Waals surface area contributed by atoms with Gasteiger partial charge in [-0.3, -0.25) is 4.90 Å². The predicted octanol–water partition coefficient (Wildman–Crippen LogP) is 1.25.